The molecule has 6 unspecified atom stereocenters. The van der Waals surface area contributed by atoms with Gasteiger partial charge < -0.3 is 75.3 Å². The number of nitrogens with one attached hydrogen (secondary N) is 12. The van der Waals surface area contributed by atoms with Crippen LogP contribution in [0.3, 0.4) is 0 Å². The van der Waals surface area contributed by atoms with Crippen molar-refractivity contribution in [3.8, 4) is 0 Å². The Kier molecular flexibility index (Phi) is 40.6. The van der Waals surface area contributed by atoms with Gasteiger partial charge in [-0.15, -0.1) is 0 Å². The Morgan fingerprint density at radius 2 is 0.531 bits per heavy atom. The molecule has 0 aromatic rings. The maximum atomic E-state index is 11.9. The summed E-state index contributed by atoms with van der Waals surface area (Å²) >= 11 is 0. The van der Waals surface area contributed by atoms with Gasteiger partial charge in [0.15, 0.2) is 0 Å². The fourth-order valence-electron chi connectivity index (χ4n) is 13.7. The number of piperidine rings is 6. The molecule has 4 bridgehead atoms. The molecule has 0 saturated carbocycles. The third-order valence-electron chi connectivity index (χ3n) is 17.9. The van der Waals surface area contributed by atoms with Gasteiger partial charge in [-0.05, 0) is 77.0 Å². The zero-order valence-corrected chi connectivity index (χ0v) is 60.2. The average molecular weight is 1400 g/mol. The first-order valence-corrected chi connectivity index (χ1v) is 34.1. The zero-order chi connectivity index (χ0) is 74.4. The number of carbonyl (C=O) groups excluding carboxylic acids is 12. The second kappa shape index (κ2) is 45.0. The van der Waals surface area contributed by atoms with Gasteiger partial charge in [0, 0.05) is 257 Å². The van der Waals surface area contributed by atoms with Crippen LogP contribution in [0.5, 0.6) is 0 Å². The molecule has 16 N–H and O–H groups in total. The monoisotopic (exact) mass is 1390 g/mol. The molecule has 6 saturated heterocycles. The average Bonchev–Trinajstić information content (AvgIpc) is 0.746. The molecule has 0 aliphatic carbocycles. The van der Waals surface area contributed by atoms with E-state index in [2.05, 4.69) is 73.6 Å². The standard InChI is InChI=1S/C16H27N5O5.C16H29N5O3.C16H30N4O5.C16H32N4O3/c1-10(22)17-7-13-4-16(21(25)26)5-14(8-18-11(2)23)20(13)15(6-16)9-19-12(3)24;1-10(22)18-7-13-4-16(17)5-14(8-19-11(2)23)21(13)15(6-16)9-20-12(3)24;1-13(21)17-10-4-7-16(20(24)25,8-5-11-18-14(2)22)9-6-12-19-15(3)23;1-13(21)18-10-4-7-16(17,8-5-11-19-14(2)22)9-6-12-20-15(3)23/h13-15H,4-9H2,1-3H3,(H,17,22)(H,18,23)(H,19,24);13-15H,4-9,17H2,1-3H3,(H,18,22)(H,19,23)(H,20,24);4-12H2,1-3H3,(H,17,21)(H,18,22)(H,19,23);4-12,17H2,1-3H3,(H,18,21)(H,19,22)(H,20,23)/t2*13-,14+,15?,16?;;. The summed E-state index contributed by atoms with van der Waals surface area (Å²) < 4.78 is 0. The second-order valence-electron chi connectivity index (χ2n) is 26.9. The maximum Gasteiger partial charge on any atom is 0.227 e. The summed E-state index contributed by atoms with van der Waals surface area (Å²) in [7, 11) is 0. The molecular formula is C64H118N18O16. The molecule has 10 atom stereocenters. The van der Waals surface area contributed by atoms with Crippen molar-refractivity contribution in [1.29, 1.82) is 0 Å². The van der Waals surface area contributed by atoms with Crippen molar-refractivity contribution in [2.45, 2.75) is 257 Å². The summed E-state index contributed by atoms with van der Waals surface area (Å²) in [4.78, 5) is 161. The lowest BCUT2D eigenvalue weighted by Gasteiger charge is -2.59. The van der Waals surface area contributed by atoms with Crippen LogP contribution in [0.25, 0.3) is 0 Å². The number of amides is 12. The number of rotatable bonds is 38. The SMILES string of the molecule is CC(=O)NCC1CC2(N)C[C@@H](CNC(C)=O)N1[C@@H](CNC(C)=O)C2.CC(=O)NCC1CC2([N+](=O)[O-])C[C@@H](CNC(C)=O)N1[C@@H](CNC(C)=O)C2.CC(=O)NCCCC(CCCNC(C)=O)(CCCNC(C)=O)[N+](=O)[O-].CC(=O)NCCCC(N)(CCCNC(C)=O)CCCNC(C)=O. The minimum atomic E-state index is -1.12. The van der Waals surface area contributed by atoms with Crippen molar-refractivity contribution in [2.24, 2.45) is 11.5 Å². The highest BCUT2D eigenvalue weighted by Gasteiger charge is 2.61. The predicted octanol–water partition coefficient (Wildman–Crippen LogP) is -1.10. The Balaban J connectivity index is 0.000000654. The summed E-state index contributed by atoms with van der Waals surface area (Å²) in [5, 5.41) is 56.8. The summed E-state index contributed by atoms with van der Waals surface area (Å²) in [6.45, 7) is 22.9. The number of hydrogen-bond acceptors (Lipinski definition) is 20. The van der Waals surface area contributed by atoms with Crippen molar-refractivity contribution in [1.82, 2.24) is 73.6 Å². The highest BCUT2D eigenvalue weighted by molar-refractivity contribution is 5.76. The molecule has 0 aromatic heterocycles. The van der Waals surface area contributed by atoms with Gasteiger partial charge in [0.25, 0.3) is 0 Å². The van der Waals surface area contributed by atoms with Crippen LogP contribution in [0.2, 0.25) is 0 Å². The van der Waals surface area contributed by atoms with Gasteiger partial charge >= 0.3 is 0 Å². The number of carbonyl (C=O) groups is 12. The molecule has 6 fully saturated rings. The van der Waals surface area contributed by atoms with Crippen molar-refractivity contribution in [2.75, 3.05) is 78.5 Å². The van der Waals surface area contributed by atoms with Crippen LogP contribution >= 0.6 is 0 Å². The summed E-state index contributed by atoms with van der Waals surface area (Å²) in [6, 6.07) is -0.324. The Morgan fingerprint density at radius 3 is 0.704 bits per heavy atom. The van der Waals surface area contributed by atoms with Crippen LogP contribution in [0.1, 0.15) is 199 Å². The van der Waals surface area contributed by atoms with Crippen molar-refractivity contribution in [3.05, 3.63) is 20.2 Å². The fraction of sp³-hybridized carbons (Fsp3) is 0.812. The molecule has 34 nitrogen and oxygen atoms in total. The molecule has 12 amide bonds. The topological polar surface area (TPSA) is 494 Å². The van der Waals surface area contributed by atoms with E-state index in [1.54, 1.807) is 0 Å². The van der Waals surface area contributed by atoms with Crippen LogP contribution in [0, 0.1) is 20.2 Å². The molecular weight excluding hydrogens is 1280 g/mol. The highest BCUT2D eigenvalue weighted by atomic mass is 16.6. The van der Waals surface area contributed by atoms with E-state index in [1.807, 2.05) is 0 Å². The van der Waals surface area contributed by atoms with E-state index < -0.39 is 11.1 Å². The van der Waals surface area contributed by atoms with E-state index in [0.29, 0.717) is 136 Å². The first-order chi connectivity index (χ1) is 45.8. The fourth-order valence-corrected chi connectivity index (χ4v) is 13.7. The molecule has 6 aliphatic heterocycles. The first kappa shape index (κ1) is 88.3. The Morgan fingerprint density at radius 1 is 0.347 bits per heavy atom. The lowest BCUT2D eigenvalue weighted by atomic mass is 9.69. The smallest absolute Gasteiger partial charge is 0.227 e. The summed E-state index contributed by atoms with van der Waals surface area (Å²) in [5.41, 5.74) is 10.2. The third-order valence-corrected chi connectivity index (χ3v) is 17.9. The van der Waals surface area contributed by atoms with Gasteiger partial charge in [0.1, 0.15) is 0 Å². The summed E-state index contributed by atoms with van der Waals surface area (Å²) in [6.07, 6.45) is 10.8. The lowest BCUT2D eigenvalue weighted by molar-refractivity contribution is -0.588. The van der Waals surface area contributed by atoms with Gasteiger partial charge in [0.2, 0.25) is 82.0 Å². The van der Waals surface area contributed by atoms with Gasteiger partial charge in [-0.3, -0.25) is 87.6 Å². The molecule has 98 heavy (non-hydrogen) atoms. The number of nitrogens with two attached hydrogens (primary N) is 2. The van der Waals surface area contributed by atoms with Crippen molar-refractivity contribution < 1.29 is 67.4 Å². The zero-order valence-electron chi connectivity index (χ0n) is 60.2. The second-order valence-corrected chi connectivity index (χ2v) is 26.9. The van der Waals surface area contributed by atoms with Crippen LogP contribution in [0.15, 0.2) is 0 Å². The minimum Gasteiger partial charge on any atom is -0.356 e. The molecule has 560 valence electrons. The molecule has 6 aliphatic rings. The third kappa shape index (κ3) is 36.2. The number of nitrogens with zero attached hydrogens (tertiary/aromatic N) is 4. The van der Waals surface area contributed by atoms with E-state index in [9.17, 15) is 77.8 Å². The molecule has 0 spiro atoms. The van der Waals surface area contributed by atoms with E-state index in [0.717, 1.165) is 57.8 Å². The number of hydrogen-bond donors (Lipinski definition) is 14. The van der Waals surface area contributed by atoms with E-state index in [1.165, 1.54) is 83.1 Å². The Labute approximate surface area is 577 Å². The Bertz CT molecular complexity index is 2400. The van der Waals surface area contributed by atoms with Gasteiger partial charge in [-0.1, -0.05) is 0 Å². The largest absolute Gasteiger partial charge is 0.356 e. The first-order valence-electron chi connectivity index (χ1n) is 34.1. The van der Waals surface area contributed by atoms with Crippen LogP contribution in [-0.4, -0.2) is 227 Å². The van der Waals surface area contributed by atoms with Gasteiger partial charge in [-0.2, -0.15) is 0 Å². The Hall–Kier alpha value is -7.72. The van der Waals surface area contributed by atoms with Gasteiger partial charge in [-0.25, -0.2) is 0 Å². The van der Waals surface area contributed by atoms with Crippen LogP contribution in [0.4, 0.5) is 0 Å². The predicted molar refractivity (Wildman–Crippen MR) is 367 cm³/mol. The van der Waals surface area contributed by atoms with E-state index in [-0.39, 0.29) is 128 Å². The van der Waals surface area contributed by atoms with Crippen molar-refractivity contribution >= 4 is 70.9 Å². The normalized spacial score (nSPS) is 22.4. The lowest BCUT2D eigenvalue weighted by Crippen LogP contribution is -2.73. The van der Waals surface area contributed by atoms with E-state index >= 15 is 0 Å². The number of fused-ring (bicyclic) bond motifs is 6. The number of nitro groups is 2. The molecule has 0 radical (unpaired) electrons. The highest BCUT2D eigenvalue weighted by Crippen LogP contribution is 2.45. The van der Waals surface area contributed by atoms with E-state index in [4.69, 9.17) is 11.5 Å². The molecule has 6 rings (SSSR count). The quantitative estimate of drug-likeness (QED) is 0.0198. The van der Waals surface area contributed by atoms with Gasteiger partial charge in [0.05, 0.1) is 0 Å². The van der Waals surface area contributed by atoms with Crippen molar-refractivity contribution in [3.63, 3.8) is 0 Å². The molecule has 0 aromatic carbocycles. The summed E-state index contributed by atoms with van der Waals surface area (Å²) in [5.74, 6) is -1.40. The molecule has 34 heteroatoms. The molecule has 6 heterocycles. The van der Waals surface area contributed by atoms with Crippen LogP contribution in [-0.2, 0) is 57.5 Å². The minimum absolute atomic E-state index is 0.0380. The van der Waals surface area contributed by atoms with Crippen LogP contribution < -0.4 is 75.3 Å². The maximum absolute atomic E-state index is 11.9.